The van der Waals surface area contributed by atoms with Gasteiger partial charge in [-0.2, -0.15) is 5.10 Å². The number of H-pyrrole nitrogens is 1. The fourth-order valence-corrected chi connectivity index (χ4v) is 1.59. The van der Waals surface area contributed by atoms with Crippen molar-refractivity contribution in [3.8, 4) is 0 Å². The number of hydrazone groups is 1. The van der Waals surface area contributed by atoms with E-state index in [2.05, 4.69) is 15.6 Å². The third kappa shape index (κ3) is 3.32. The van der Waals surface area contributed by atoms with Crippen molar-refractivity contribution in [1.29, 1.82) is 0 Å². The lowest BCUT2D eigenvalue weighted by Gasteiger charge is -2.00. The standard InChI is InChI=1S/C12H11ClN4O2/c1-17-10(6-11(18)16-17)12(19)15-14-7-8-2-4-9(13)5-3-8/h2-7H,1H3,(H,15,19)(H,16,18)/b14-7+. The van der Waals surface area contributed by atoms with Gasteiger partial charge >= 0.3 is 0 Å². The smallest absolute Gasteiger partial charge is 0.283 e. The first-order valence-corrected chi connectivity index (χ1v) is 5.79. The first-order valence-electron chi connectivity index (χ1n) is 5.41. The minimum atomic E-state index is -0.467. The molecule has 6 nitrogen and oxygen atoms in total. The Morgan fingerprint density at radius 2 is 2.11 bits per heavy atom. The van der Waals surface area contributed by atoms with Crippen molar-refractivity contribution in [2.75, 3.05) is 0 Å². The molecule has 2 rings (SSSR count). The number of nitrogens with zero attached hydrogens (tertiary/aromatic N) is 2. The highest BCUT2D eigenvalue weighted by molar-refractivity contribution is 6.30. The molecule has 0 unspecified atom stereocenters. The minimum absolute atomic E-state index is 0.207. The summed E-state index contributed by atoms with van der Waals surface area (Å²) < 4.78 is 1.33. The van der Waals surface area contributed by atoms with E-state index < -0.39 is 5.91 Å². The summed E-state index contributed by atoms with van der Waals surface area (Å²) in [4.78, 5) is 22.7. The topological polar surface area (TPSA) is 79.2 Å². The summed E-state index contributed by atoms with van der Waals surface area (Å²) in [6.07, 6.45) is 1.49. The van der Waals surface area contributed by atoms with E-state index in [1.807, 2.05) is 0 Å². The number of carbonyl (C=O) groups is 1. The van der Waals surface area contributed by atoms with Crippen molar-refractivity contribution >= 4 is 23.7 Å². The van der Waals surface area contributed by atoms with Crippen molar-refractivity contribution in [3.63, 3.8) is 0 Å². The first-order chi connectivity index (χ1) is 9.06. The molecule has 2 N–H and O–H groups in total. The molecule has 0 aliphatic carbocycles. The molecule has 1 amide bonds. The van der Waals surface area contributed by atoms with Crippen molar-refractivity contribution in [2.24, 2.45) is 12.1 Å². The lowest BCUT2D eigenvalue weighted by Crippen LogP contribution is -2.20. The maximum absolute atomic E-state index is 11.7. The maximum Gasteiger partial charge on any atom is 0.289 e. The highest BCUT2D eigenvalue weighted by Crippen LogP contribution is 2.07. The van der Waals surface area contributed by atoms with Crippen molar-refractivity contribution in [2.45, 2.75) is 0 Å². The van der Waals surface area contributed by atoms with Gasteiger partial charge in [0.25, 0.3) is 11.5 Å². The molecule has 1 aromatic heterocycles. The second-order valence-electron chi connectivity index (χ2n) is 3.82. The van der Waals surface area contributed by atoms with Crippen LogP contribution in [0.15, 0.2) is 40.2 Å². The molecular weight excluding hydrogens is 268 g/mol. The lowest BCUT2D eigenvalue weighted by atomic mass is 10.2. The summed E-state index contributed by atoms with van der Waals surface area (Å²) >= 11 is 5.75. The Morgan fingerprint density at radius 3 is 2.68 bits per heavy atom. The highest BCUT2D eigenvalue weighted by Gasteiger charge is 2.09. The Balaban J connectivity index is 2.02. The summed E-state index contributed by atoms with van der Waals surface area (Å²) in [5.41, 5.74) is 3.00. The predicted molar refractivity (Wildman–Crippen MR) is 72.5 cm³/mol. The molecule has 0 radical (unpaired) electrons. The SMILES string of the molecule is Cn1[nH]c(=O)cc1C(=O)N/N=C/c1ccc(Cl)cc1. The van der Waals surface area contributed by atoms with Gasteiger partial charge in [0.1, 0.15) is 5.69 Å². The number of carbonyl (C=O) groups excluding carboxylic acids is 1. The Morgan fingerprint density at radius 1 is 1.42 bits per heavy atom. The van der Waals surface area contributed by atoms with Crippen LogP contribution >= 0.6 is 11.6 Å². The normalized spacial score (nSPS) is 10.8. The number of hydrogen-bond acceptors (Lipinski definition) is 3. The molecule has 0 aliphatic heterocycles. The number of nitrogens with one attached hydrogen (secondary N) is 2. The number of aryl methyl sites for hydroxylation is 1. The Kier molecular flexibility index (Phi) is 3.82. The molecule has 0 fully saturated rings. The van der Waals surface area contributed by atoms with Gasteiger partial charge in [0.15, 0.2) is 0 Å². The van der Waals surface area contributed by atoms with E-state index in [4.69, 9.17) is 11.6 Å². The van der Waals surface area contributed by atoms with Crippen molar-refractivity contribution in [3.05, 3.63) is 57.0 Å². The third-order valence-corrected chi connectivity index (χ3v) is 2.64. The predicted octanol–water partition coefficient (Wildman–Crippen LogP) is 1.13. The molecule has 0 saturated heterocycles. The third-order valence-electron chi connectivity index (χ3n) is 2.39. The molecule has 1 aromatic carbocycles. The molecule has 0 atom stereocenters. The van der Waals surface area contributed by atoms with Gasteiger partial charge in [0, 0.05) is 18.1 Å². The zero-order valence-corrected chi connectivity index (χ0v) is 10.8. The van der Waals surface area contributed by atoms with E-state index >= 15 is 0 Å². The summed E-state index contributed by atoms with van der Waals surface area (Å²) in [6, 6.07) is 8.18. The summed E-state index contributed by atoms with van der Waals surface area (Å²) in [7, 11) is 1.57. The van der Waals surface area contributed by atoms with Crippen LogP contribution in [0.3, 0.4) is 0 Å². The van der Waals surface area contributed by atoms with Crippen LogP contribution in [0.5, 0.6) is 0 Å². The fraction of sp³-hybridized carbons (Fsp3) is 0.0833. The highest BCUT2D eigenvalue weighted by atomic mass is 35.5. The van der Waals surface area contributed by atoms with Gasteiger partial charge in [-0.15, -0.1) is 0 Å². The number of hydrogen-bond donors (Lipinski definition) is 2. The Hall–Kier alpha value is -2.34. The molecule has 1 heterocycles. The average molecular weight is 279 g/mol. The quantitative estimate of drug-likeness (QED) is 0.652. The van der Waals surface area contributed by atoms with E-state index in [-0.39, 0.29) is 11.3 Å². The van der Waals surface area contributed by atoms with Crippen LogP contribution in [0.2, 0.25) is 5.02 Å². The van der Waals surface area contributed by atoms with Gasteiger partial charge in [-0.3, -0.25) is 19.4 Å². The fourth-order valence-electron chi connectivity index (χ4n) is 1.47. The molecular formula is C12H11ClN4O2. The summed E-state index contributed by atoms with van der Waals surface area (Å²) in [5.74, 6) is -0.467. The molecule has 98 valence electrons. The number of aromatic nitrogens is 2. The Labute approximate surface area is 113 Å². The van der Waals surface area contributed by atoms with E-state index in [0.29, 0.717) is 5.02 Å². The van der Waals surface area contributed by atoms with E-state index in [1.54, 1.807) is 31.3 Å². The molecule has 0 spiro atoms. The van der Waals surface area contributed by atoms with Crippen LogP contribution in [0, 0.1) is 0 Å². The monoisotopic (exact) mass is 278 g/mol. The molecule has 19 heavy (non-hydrogen) atoms. The van der Waals surface area contributed by atoms with Crippen molar-refractivity contribution < 1.29 is 4.79 Å². The molecule has 7 heteroatoms. The van der Waals surface area contributed by atoms with Gasteiger partial charge in [-0.1, -0.05) is 23.7 Å². The van der Waals surface area contributed by atoms with Crippen LogP contribution in [0.4, 0.5) is 0 Å². The van der Waals surface area contributed by atoms with E-state index in [0.717, 1.165) is 5.56 Å². The molecule has 0 aliphatic rings. The molecule has 0 saturated carbocycles. The number of halogens is 1. The van der Waals surface area contributed by atoms with Gasteiger partial charge in [0.2, 0.25) is 0 Å². The van der Waals surface area contributed by atoms with Crippen molar-refractivity contribution in [1.82, 2.24) is 15.2 Å². The van der Waals surface area contributed by atoms with Crippen LogP contribution in [-0.2, 0) is 7.05 Å². The van der Waals surface area contributed by atoms with E-state index in [9.17, 15) is 9.59 Å². The number of rotatable bonds is 3. The zero-order valence-electron chi connectivity index (χ0n) is 10.1. The molecule has 2 aromatic rings. The van der Waals surface area contributed by atoms with Crippen LogP contribution in [0.25, 0.3) is 0 Å². The summed E-state index contributed by atoms with van der Waals surface area (Å²) in [5, 5.41) is 6.87. The minimum Gasteiger partial charge on any atom is -0.283 e. The van der Waals surface area contributed by atoms with Gasteiger partial charge in [-0.05, 0) is 17.7 Å². The largest absolute Gasteiger partial charge is 0.289 e. The van der Waals surface area contributed by atoms with Crippen LogP contribution in [-0.4, -0.2) is 21.9 Å². The Bertz CT molecular complexity index is 670. The van der Waals surface area contributed by atoms with Crippen LogP contribution < -0.4 is 11.0 Å². The molecule has 0 bridgehead atoms. The maximum atomic E-state index is 11.7. The summed E-state index contributed by atoms with van der Waals surface area (Å²) in [6.45, 7) is 0. The zero-order chi connectivity index (χ0) is 13.8. The second-order valence-corrected chi connectivity index (χ2v) is 4.25. The van der Waals surface area contributed by atoms with Gasteiger partial charge < -0.3 is 0 Å². The second kappa shape index (κ2) is 5.53. The van der Waals surface area contributed by atoms with Gasteiger partial charge in [-0.25, -0.2) is 5.43 Å². The first kappa shape index (κ1) is 13.1. The number of benzene rings is 1. The number of amides is 1. The van der Waals surface area contributed by atoms with Gasteiger partial charge in [0.05, 0.1) is 6.21 Å². The van der Waals surface area contributed by atoms with E-state index in [1.165, 1.54) is 17.0 Å². The number of aromatic amines is 1. The average Bonchev–Trinajstić information content (AvgIpc) is 2.71. The van der Waals surface area contributed by atoms with Crippen LogP contribution in [0.1, 0.15) is 16.1 Å². The lowest BCUT2D eigenvalue weighted by molar-refractivity contribution is 0.0946.